The highest BCUT2D eigenvalue weighted by molar-refractivity contribution is 5.87. The van der Waals surface area contributed by atoms with Crippen molar-refractivity contribution < 1.29 is 14.3 Å². The molecule has 0 aromatic carbocycles. The van der Waals surface area contributed by atoms with Crippen molar-refractivity contribution in [3.8, 4) is 11.8 Å². The average Bonchev–Trinajstić information content (AvgIpc) is 2.47. The summed E-state index contributed by atoms with van der Waals surface area (Å²) in [5, 5.41) is 5.54. The minimum atomic E-state index is -0.299. The topological polar surface area (TPSA) is 85.4 Å². The summed E-state index contributed by atoms with van der Waals surface area (Å²) >= 11 is 0. The lowest BCUT2D eigenvalue weighted by Crippen LogP contribution is -2.39. The van der Waals surface area contributed by atoms with E-state index in [9.17, 15) is 4.79 Å². The lowest BCUT2D eigenvalue weighted by Gasteiger charge is -2.22. The number of hydrogen-bond donors (Lipinski definition) is 2. The molecule has 110 valence electrons. The quantitative estimate of drug-likeness (QED) is 0.880. The van der Waals surface area contributed by atoms with Gasteiger partial charge in [0.15, 0.2) is 0 Å². The number of aromatic nitrogens is 2. The molecule has 0 bridgehead atoms. The summed E-state index contributed by atoms with van der Waals surface area (Å²) in [6.07, 6.45) is 5.62. The monoisotopic (exact) mass is 280 g/mol. The molecule has 1 aliphatic rings. The van der Waals surface area contributed by atoms with Crippen LogP contribution in [0.1, 0.15) is 32.1 Å². The van der Waals surface area contributed by atoms with Crippen LogP contribution in [0.3, 0.4) is 0 Å². The van der Waals surface area contributed by atoms with E-state index in [4.69, 9.17) is 9.47 Å². The van der Waals surface area contributed by atoms with Crippen molar-refractivity contribution in [2.45, 2.75) is 38.1 Å². The van der Waals surface area contributed by atoms with Gasteiger partial charge in [0.1, 0.15) is 0 Å². The molecule has 2 N–H and O–H groups in total. The fraction of sp³-hybridized carbons (Fsp3) is 0.615. The zero-order chi connectivity index (χ0) is 14.4. The van der Waals surface area contributed by atoms with Crippen LogP contribution in [0.5, 0.6) is 11.8 Å². The molecule has 0 unspecified atom stereocenters. The number of nitrogens with one attached hydrogen (secondary N) is 2. The van der Waals surface area contributed by atoms with Crippen LogP contribution in [-0.2, 0) is 0 Å². The minimum Gasteiger partial charge on any atom is -0.481 e. The number of hydrogen-bond acceptors (Lipinski definition) is 5. The van der Waals surface area contributed by atoms with Crippen molar-refractivity contribution in [2.24, 2.45) is 0 Å². The summed E-state index contributed by atoms with van der Waals surface area (Å²) in [4.78, 5) is 20.0. The minimum absolute atomic E-state index is 0.162. The zero-order valence-electron chi connectivity index (χ0n) is 11.8. The van der Waals surface area contributed by atoms with E-state index in [-0.39, 0.29) is 18.0 Å². The highest BCUT2D eigenvalue weighted by Gasteiger charge is 2.16. The Bertz CT molecular complexity index is 439. The average molecular weight is 280 g/mol. The van der Waals surface area contributed by atoms with E-state index in [1.807, 2.05) is 0 Å². The van der Waals surface area contributed by atoms with Crippen molar-refractivity contribution in [1.82, 2.24) is 15.3 Å². The number of rotatable bonds is 4. The van der Waals surface area contributed by atoms with Gasteiger partial charge in [-0.3, -0.25) is 5.32 Å². The number of ether oxygens (including phenoxy) is 2. The van der Waals surface area contributed by atoms with E-state index >= 15 is 0 Å². The summed E-state index contributed by atoms with van der Waals surface area (Å²) in [7, 11) is 2.99. The predicted molar refractivity (Wildman–Crippen MR) is 74.2 cm³/mol. The van der Waals surface area contributed by atoms with Crippen molar-refractivity contribution in [1.29, 1.82) is 0 Å². The first-order chi connectivity index (χ1) is 9.71. The number of amides is 2. The van der Waals surface area contributed by atoms with Gasteiger partial charge in [-0.1, -0.05) is 19.3 Å². The van der Waals surface area contributed by atoms with Gasteiger partial charge in [-0.05, 0) is 12.8 Å². The molecule has 0 atom stereocenters. The van der Waals surface area contributed by atoms with E-state index in [1.54, 1.807) is 6.07 Å². The van der Waals surface area contributed by atoms with Crippen LogP contribution < -0.4 is 20.1 Å². The third kappa shape index (κ3) is 3.97. The summed E-state index contributed by atoms with van der Waals surface area (Å²) in [5.74, 6) is 0.837. The Hall–Kier alpha value is -2.05. The molecule has 2 amide bonds. The molecule has 1 aromatic rings. The highest BCUT2D eigenvalue weighted by atomic mass is 16.5. The Kier molecular flexibility index (Phi) is 4.97. The Morgan fingerprint density at radius 3 is 2.30 bits per heavy atom. The van der Waals surface area contributed by atoms with Crippen LogP contribution >= 0.6 is 0 Å². The van der Waals surface area contributed by atoms with Crippen molar-refractivity contribution in [3.05, 3.63) is 6.07 Å². The first kappa shape index (κ1) is 14.4. The first-order valence-corrected chi connectivity index (χ1v) is 6.76. The summed E-state index contributed by atoms with van der Waals surface area (Å²) in [5.41, 5.74) is 0. The van der Waals surface area contributed by atoms with Gasteiger partial charge in [0.25, 0.3) is 0 Å². The number of urea groups is 1. The number of carbonyl (C=O) groups excluding carboxylic acids is 1. The molecular weight excluding hydrogens is 260 g/mol. The standard InChI is InChI=1S/C13H20N4O3/c1-19-10-8-11(20-2)16-12(15-10)17-13(18)14-9-6-4-3-5-7-9/h8-9H,3-7H2,1-2H3,(H2,14,15,16,17,18). The van der Waals surface area contributed by atoms with Gasteiger partial charge in [-0.2, -0.15) is 9.97 Å². The van der Waals surface area contributed by atoms with Crippen LogP contribution in [0.15, 0.2) is 6.07 Å². The zero-order valence-corrected chi connectivity index (χ0v) is 11.8. The van der Waals surface area contributed by atoms with Crippen molar-refractivity contribution in [2.75, 3.05) is 19.5 Å². The van der Waals surface area contributed by atoms with E-state index < -0.39 is 0 Å². The molecule has 0 radical (unpaired) electrons. The largest absolute Gasteiger partial charge is 0.481 e. The number of methoxy groups -OCH3 is 2. The van der Waals surface area contributed by atoms with Crippen LogP contribution in [0.4, 0.5) is 10.7 Å². The summed E-state index contributed by atoms with van der Waals surface area (Å²) in [6.45, 7) is 0. The Balaban J connectivity index is 1.95. The van der Waals surface area contributed by atoms with Gasteiger partial charge >= 0.3 is 6.03 Å². The van der Waals surface area contributed by atoms with Gasteiger partial charge in [-0.25, -0.2) is 4.79 Å². The maximum atomic E-state index is 11.9. The molecule has 7 nitrogen and oxygen atoms in total. The molecule has 1 saturated carbocycles. The molecule has 20 heavy (non-hydrogen) atoms. The molecule has 0 saturated heterocycles. The molecule has 2 rings (SSSR count). The smallest absolute Gasteiger partial charge is 0.321 e. The van der Waals surface area contributed by atoms with Crippen molar-refractivity contribution >= 4 is 12.0 Å². The number of nitrogens with zero attached hydrogens (tertiary/aromatic N) is 2. The van der Waals surface area contributed by atoms with Crippen LogP contribution in [0.25, 0.3) is 0 Å². The Morgan fingerprint density at radius 1 is 1.15 bits per heavy atom. The lowest BCUT2D eigenvalue weighted by atomic mass is 9.96. The molecule has 1 aliphatic carbocycles. The number of anilines is 1. The second-order valence-electron chi connectivity index (χ2n) is 4.71. The molecule has 7 heteroatoms. The van der Waals surface area contributed by atoms with Crippen LogP contribution in [0, 0.1) is 0 Å². The third-order valence-electron chi connectivity index (χ3n) is 3.26. The fourth-order valence-corrected chi connectivity index (χ4v) is 2.24. The van der Waals surface area contributed by atoms with Crippen molar-refractivity contribution in [3.63, 3.8) is 0 Å². The fourth-order valence-electron chi connectivity index (χ4n) is 2.24. The van der Waals surface area contributed by atoms with Gasteiger partial charge in [0.2, 0.25) is 17.7 Å². The maximum Gasteiger partial charge on any atom is 0.321 e. The first-order valence-electron chi connectivity index (χ1n) is 6.76. The lowest BCUT2D eigenvalue weighted by molar-refractivity contribution is 0.244. The van der Waals surface area contributed by atoms with Crippen LogP contribution in [-0.4, -0.2) is 36.3 Å². The van der Waals surface area contributed by atoms with Gasteiger partial charge in [0.05, 0.1) is 20.3 Å². The molecular formula is C13H20N4O3. The predicted octanol–water partition coefficient (Wildman–Crippen LogP) is 1.95. The van der Waals surface area contributed by atoms with Gasteiger partial charge in [-0.15, -0.1) is 0 Å². The van der Waals surface area contributed by atoms with E-state index in [2.05, 4.69) is 20.6 Å². The van der Waals surface area contributed by atoms with Gasteiger partial charge in [0, 0.05) is 6.04 Å². The Morgan fingerprint density at radius 2 is 1.75 bits per heavy atom. The highest BCUT2D eigenvalue weighted by Crippen LogP contribution is 2.19. The van der Waals surface area contributed by atoms with E-state index in [0.29, 0.717) is 11.8 Å². The van der Waals surface area contributed by atoms with E-state index in [0.717, 1.165) is 25.7 Å². The van der Waals surface area contributed by atoms with Gasteiger partial charge < -0.3 is 14.8 Å². The molecule has 1 heterocycles. The Labute approximate surface area is 118 Å². The van der Waals surface area contributed by atoms with Crippen LogP contribution in [0.2, 0.25) is 0 Å². The van der Waals surface area contributed by atoms with E-state index in [1.165, 1.54) is 20.6 Å². The second kappa shape index (κ2) is 6.93. The second-order valence-corrected chi connectivity index (χ2v) is 4.71. The molecule has 1 fully saturated rings. The normalized spacial score (nSPS) is 15.5. The SMILES string of the molecule is COc1cc(OC)nc(NC(=O)NC2CCCCC2)n1. The number of carbonyl (C=O) groups is 1. The summed E-state index contributed by atoms with van der Waals surface area (Å²) < 4.78 is 10.1. The maximum absolute atomic E-state index is 11.9. The molecule has 0 spiro atoms. The molecule has 0 aliphatic heterocycles. The summed E-state index contributed by atoms with van der Waals surface area (Å²) in [6, 6.07) is 1.48. The third-order valence-corrected chi connectivity index (χ3v) is 3.26. The molecule has 1 aromatic heterocycles.